The number of hydrogen-bond donors (Lipinski definition) is 0. The van der Waals surface area contributed by atoms with Gasteiger partial charge in [0.1, 0.15) is 6.54 Å². The van der Waals surface area contributed by atoms with E-state index in [4.69, 9.17) is 4.74 Å². The Kier molecular flexibility index (Phi) is 5.67. The van der Waals surface area contributed by atoms with E-state index in [9.17, 15) is 4.79 Å². The lowest BCUT2D eigenvalue weighted by Crippen LogP contribution is -2.64. The molecule has 0 N–H and O–H groups in total. The number of piperidine rings is 3. The number of quaternary nitrogens is 1. The van der Waals surface area contributed by atoms with Gasteiger partial charge in [0.25, 0.3) is 0 Å². The zero-order valence-corrected chi connectivity index (χ0v) is 16.8. The van der Waals surface area contributed by atoms with Crippen molar-refractivity contribution in [3.63, 3.8) is 0 Å². The quantitative estimate of drug-likeness (QED) is 0.692. The van der Waals surface area contributed by atoms with Gasteiger partial charge >= 0.3 is 6.09 Å². The molecule has 3 aliphatic heterocycles. The lowest BCUT2D eigenvalue weighted by Gasteiger charge is -2.51. The molecule has 0 aromatic heterocycles. The topological polar surface area (TPSA) is 29.5 Å². The van der Waals surface area contributed by atoms with Gasteiger partial charge in [0.2, 0.25) is 0 Å². The number of para-hydroxylation sites is 1. The minimum atomic E-state index is -0.199. The number of rotatable bonds is 6. The predicted molar refractivity (Wildman–Crippen MR) is 112 cm³/mol. The van der Waals surface area contributed by atoms with Crippen LogP contribution in [0.2, 0.25) is 0 Å². The summed E-state index contributed by atoms with van der Waals surface area (Å²) >= 11 is 0. The van der Waals surface area contributed by atoms with E-state index < -0.39 is 0 Å². The van der Waals surface area contributed by atoms with E-state index in [0.717, 1.165) is 29.7 Å². The van der Waals surface area contributed by atoms with Crippen LogP contribution in [0, 0.1) is 5.92 Å². The summed E-state index contributed by atoms with van der Waals surface area (Å²) in [5, 5.41) is 0. The highest BCUT2D eigenvalue weighted by molar-refractivity contribution is 5.87. The van der Waals surface area contributed by atoms with E-state index in [0.29, 0.717) is 12.5 Å². The maximum absolute atomic E-state index is 13.2. The van der Waals surface area contributed by atoms with Crippen LogP contribution < -0.4 is 4.90 Å². The summed E-state index contributed by atoms with van der Waals surface area (Å²) in [4.78, 5) is 15.0. The second-order valence-corrected chi connectivity index (χ2v) is 8.27. The third-order valence-electron chi connectivity index (χ3n) is 6.72. The summed E-state index contributed by atoms with van der Waals surface area (Å²) in [6.45, 7) is 7.49. The third-order valence-corrected chi connectivity index (χ3v) is 6.72. The fourth-order valence-corrected chi connectivity index (χ4v) is 4.81. The molecule has 3 fully saturated rings. The molecule has 0 spiro atoms. The molecule has 0 aliphatic carbocycles. The number of hydrogen-bond acceptors (Lipinski definition) is 2. The molecule has 4 heteroatoms. The highest BCUT2D eigenvalue weighted by Crippen LogP contribution is 2.35. The average Bonchev–Trinajstić information content (AvgIpc) is 2.76. The molecule has 2 bridgehead atoms. The van der Waals surface area contributed by atoms with Gasteiger partial charge in [-0.1, -0.05) is 48.5 Å². The standard InChI is InChI=1S/C24H31N2O2/c1-2-26-17-14-21(15-18-26)23(19-26)28-24(27)25(22-11-7-4-8-12-22)16-13-20-9-5-3-6-10-20/h3-12,21,23H,2,13-19H2,1H3/q+1/t21?,23-,26?/m0/s1. The Morgan fingerprint density at radius 2 is 1.68 bits per heavy atom. The number of ether oxygens (including phenoxy) is 1. The van der Waals surface area contributed by atoms with Gasteiger partial charge in [-0.05, 0) is 31.0 Å². The van der Waals surface area contributed by atoms with Crippen LogP contribution in [0.5, 0.6) is 0 Å². The van der Waals surface area contributed by atoms with Crippen LogP contribution in [-0.4, -0.2) is 49.4 Å². The Morgan fingerprint density at radius 3 is 2.32 bits per heavy atom. The Morgan fingerprint density at radius 1 is 1.04 bits per heavy atom. The molecule has 3 aliphatic rings. The molecule has 1 atom stereocenters. The van der Waals surface area contributed by atoms with Crippen molar-refractivity contribution in [2.75, 3.05) is 37.6 Å². The fraction of sp³-hybridized carbons (Fsp3) is 0.458. The summed E-state index contributed by atoms with van der Waals surface area (Å²) in [7, 11) is 0. The van der Waals surface area contributed by atoms with Gasteiger partial charge in [0.15, 0.2) is 6.10 Å². The van der Waals surface area contributed by atoms with Gasteiger partial charge in [-0.3, -0.25) is 4.90 Å². The van der Waals surface area contributed by atoms with Crippen LogP contribution in [0.15, 0.2) is 60.7 Å². The lowest BCUT2D eigenvalue weighted by molar-refractivity contribution is -0.944. The van der Waals surface area contributed by atoms with Crippen molar-refractivity contribution >= 4 is 11.8 Å². The first-order valence-electron chi connectivity index (χ1n) is 10.6. The van der Waals surface area contributed by atoms with E-state index in [2.05, 4.69) is 19.1 Å². The molecule has 0 radical (unpaired) electrons. The van der Waals surface area contributed by atoms with Crippen LogP contribution >= 0.6 is 0 Å². The van der Waals surface area contributed by atoms with Crippen molar-refractivity contribution in [2.24, 2.45) is 5.92 Å². The molecular formula is C24H31N2O2+. The van der Waals surface area contributed by atoms with Gasteiger partial charge in [0.05, 0.1) is 19.6 Å². The van der Waals surface area contributed by atoms with Crippen molar-refractivity contribution in [3.05, 3.63) is 66.2 Å². The number of likely N-dealkylation sites (N-methyl/N-ethyl adjacent to an activating group) is 1. The Labute approximate surface area is 168 Å². The molecular weight excluding hydrogens is 348 g/mol. The highest BCUT2D eigenvalue weighted by Gasteiger charge is 2.47. The molecule has 28 heavy (non-hydrogen) atoms. The monoisotopic (exact) mass is 379 g/mol. The van der Waals surface area contributed by atoms with Crippen molar-refractivity contribution in [1.29, 1.82) is 0 Å². The maximum Gasteiger partial charge on any atom is 0.414 e. The molecule has 2 aromatic carbocycles. The van der Waals surface area contributed by atoms with Crippen molar-refractivity contribution in [3.8, 4) is 0 Å². The van der Waals surface area contributed by atoms with Gasteiger partial charge in [0, 0.05) is 31.0 Å². The molecule has 1 amide bonds. The van der Waals surface area contributed by atoms with Gasteiger partial charge in [-0.2, -0.15) is 0 Å². The summed E-state index contributed by atoms with van der Waals surface area (Å²) in [5.74, 6) is 0.530. The molecule has 3 saturated heterocycles. The third kappa shape index (κ3) is 4.07. The number of fused-ring (bicyclic) bond motifs is 3. The molecule has 4 nitrogen and oxygen atoms in total. The molecule has 5 rings (SSSR count). The van der Waals surface area contributed by atoms with E-state index in [1.54, 1.807) is 4.90 Å². The number of benzene rings is 2. The minimum absolute atomic E-state index is 0.0536. The first kappa shape index (κ1) is 19.0. The molecule has 148 valence electrons. The number of carbonyl (C=O) groups is 1. The second-order valence-electron chi connectivity index (χ2n) is 8.27. The smallest absolute Gasteiger partial charge is 0.414 e. The summed E-state index contributed by atoms with van der Waals surface area (Å²) in [6.07, 6.45) is 3.03. The summed E-state index contributed by atoms with van der Waals surface area (Å²) in [6, 6.07) is 20.2. The zero-order valence-electron chi connectivity index (χ0n) is 16.8. The largest absolute Gasteiger partial charge is 0.440 e. The molecule has 0 saturated carbocycles. The van der Waals surface area contributed by atoms with Gasteiger partial charge < -0.3 is 9.22 Å². The van der Waals surface area contributed by atoms with Crippen LogP contribution in [0.4, 0.5) is 10.5 Å². The Hall–Kier alpha value is -2.33. The van der Waals surface area contributed by atoms with E-state index in [1.165, 1.54) is 31.5 Å². The lowest BCUT2D eigenvalue weighted by atomic mass is 9.83. The SMILES string of the molecule is CC[N+]12CCC(CC1)[C@@H](OC(=O)N(CCc1ccccc1)c1ccccc1)C2. The van der Waals surface area contributed by atoms with E-state index >= 15 is 0 Å². The van der Waals surface area contributed by atoms with Crippen molar-refractivity contribution < 1.29 is 14.0 Å². The fourth-order valence-electron chi connectivity index (χ4n) is 4.81. The van der Waals surface area contributed by atoms with Crippen LogP contribution in [0.25, 0.3) is 0 Å². The molecule has 3 heterocycles. The first-order chi connectivity index (χ1) is 13.7. The van der Waals surface area contributed by atoms with E-state index in [1.807, 2.05) is 48.5 Å². The van der Waals surface area contributed by atoms with E-state index in [-0.39, 0.29) is 12.2 Å². The Balaban J connectivity index is 1.47. The van der Waals surface area contributed by atoms with Crippen LogP contribution in [0.3, 0.4) is 0 Å². The van der Waals surface area contributed by atoms with Crippen LogP contribution in [-0.2, 0) is 11.2 Å². The number of anilines is 1. The number of nitrogens with zero attached hydrogens (tertiary/aromatic N) is 2. The second kappa shape index (κ2) is 8.36. The molecule has 0 unspecified atom stereocenters. The number of carbonyl (C=O) groups excluding carboxylic acids is 1. The molecule has 2 aromatic rings. The predicted octanol–water partition coefficient (Wildman–Crippen LogP) is 4.50. The summed E-state index contributed by atoms with van der Waals surface area (Å²) in [5.41, 5.74) is 2.14. The minimum Gasteiger partial charge on any atom is -0.440 e. The normalized spacial score (nSPS) is 26.0. The zero-order chi connectivity index (χ0) is 19.4. The van der Waals surface area contributed by atoms with Gasteiger partial charge in [-0.15, -0.1) is 0 Å². The summed E-state index contributed by atoms with van der Waals surface area (Å²) < 4.78 is 7.24. The Bertz CT molecular complexity index is 770. The maximum atomic E-state index is 13.2. The average molecular weight is 380 g/mol. The van der Waals surface area contributed by atoms with Crippen LogP contribution in [0.1, 0.15) is 25.3 Å². The first-order valence-corrected chi connectivity index (χ1v) is 10.6. The van der Waals surface area contributed by atoms with Crippen molar-refractivity contribution in [2.45, 2.75) is 32.3 Å². The highest BCUT2D eigenvalue weighted by atomic mass is 16.6. The number of amides is 1. The van der Waals surface area contributed by atoms with Gasteiger partial charge in [-0.25, -0.2) is 4.79 Å². The van der Waals surface area contributed by atoms with Crippen molar-refractivity contribution in [1.82, 2.24) is 0 Å².